The van der Waals surface area contributed by atoms with E-state index in [9.17, 15) is 9.18 Å². The smallest absolute Gasteiger partial charge is 0.256 e. The number of rotatable bonds is 3. The maximum Gasteiger partial charge on any atom is 0.256 e. The van der Waals surface area contributed by atoms with Crippen molar-refractivity contribution in [3.8, 4) is 11.4 Å². The van der Waals surface area contributed by atoms with E-state index in [1.54, 1.807) is 23.2 Å². The summed E-state index contributed by atoms with van der Waals surface area (Å²) in [5, 5.41) is 0. The Morgan fingerprint density at radius 2 is 1.79 bits per heavy atom. The van der Waals surface area contributed by atoms with E-state index in [4.69, 9.17) is 4.98 Å². The van der Waals surface area contributed by atoms with Gasteiger partial charge in [0.2, 0.25) is 0 Å². The van der Waals surface area contributed by atoms with Crippen molar-refractivity contribution in [3.05, 3.63) is 77.7 Å². The molecule has 0 aliphatic carbocycles. The molecule has 1 aliphatic heterocycles. The van der Waals surface area contributed by atoms with Crippen LogP contribution >= 0.6 is 0 Å². The monoisotopic (exact) mass is 376 g/mol. The van der Waals surface area contributed by atoms with Gasteiger partial charge in [-0.25, -0.2) is 14.4 Å². The molecule has 6 heteroatoms. The lowest BCUT2D eigenvalue weighted by molar-refractivity contribution is 0.0742. The van der Waals surface area contributed by atoms with Crippen LogP contribution in [0.15, 0.2) is 60.8 Å². The van der Waals surface area contributed by atoms with Gasteiger partial charge >= 0.3 is 0 Å². The van der Waals surface area contributed by atoms with Gasteiger partial charge in [0.25, 0.3) is 5.91 Å². The average molecular weight is 376 g/mol. The van der Waals surface area contributed by atoms with Crippen molar-refractivity contribution >= 4 is 11.7 Å². The molecule has 0 unspecified atom stereocenters. The van der Waals surface area contributed by atoms with E-state index >= 15 is 0 Å². The molecule has 1 amide bonds. The Balaban J connectivity index is 1.46. The van der Waals surface area contributed by atoms with Crippen molar-refractivity contribution < 1.29 is 9.18 Å². The summed E-state index contributed by atoms with van der Waals surface area (Å²) in [6.45, 7) is 4.38. The third-order valence-electron chi connectivity index (χ3n) is 4.91. The van der Waals surface area contributed by atoms with E-state index in [-0.39, 0.29) is 11.5 Å². The SMILES string of the molecule is Cc1cccc(-c2nccc(N3CCN(C(=O)c4ccccc4F)CC3)n2)c1. The molecule has 2 aromatic carbocycles. The molecule has 0 atom stereocenters. The zero-order valence-electron chi connectivity index (χ0n) is 15.7. The molecular formula is C22H21FN4O. The van der Waals surface area contributed by atoms with Gasteiger partial charge in [0.15, 0.2) is 5.82 Å². The molecular weight excluding hydrogens is 355 g/mol. The van der Waals surface area contributed by atoms with Crippen LogP contribution < -0.4 is 4.90 Å². The summed E-state index contributed by atoms with van der Waals surface area (Å²) >= 11 is 0. The number of halogens is 1. The first kappa shape index (κ1) is 18.1. The summed E-state index contributed by atoms with van der Waals surface area (Å²) in [5.74, 6) is 0.782. The zero-order valence-corrected chi connectivity index (χ0v) is 15.7. The number of carbonyl (C=O) groups is 1. The van der Waals surface area contributed by atoms with Gasteiger partial charge < -0.3 is 9.80 Å². The number of amides is 1. The number of nitrogens with zero attached hydrogens (tertiary/aromatic N) is 4. The summed E-state index contributed by atoms with van der Waals surface area (Å²) in [5.41, 5.74) is 2.27. The summed E-state index contributed by atoms with van der Waals surface area (Å²) in [4.78, 5) is 25.5. The minimum atomic E-state index is -0.478. The highest BCUT2D eigenvalue weighted by molar-refractivity contribution is 5.94. The van der Waals surface area contributed by atoms with E-state index in [1.807, 2.05) is 31.2 Å². The standard InChI is InChI=1S/C22H21FN4O/c1-16-5-4-6-17(15-16)21-24-10-9-20(25-21)26-11-13-27(14-12-26)22(28)18-7-2-3-8-19(18)23/h2-10,15H,11-14H2,1H3. The molecule has 0 radical (unpaired) electrons. The fourth-order valence-electron chi connectivity index (χ4n) is 3.39. The topological polar surface area (TPSA) is 49.3 Å². The molecule has 5 nitrogen and oxygen atoms in total. The fourth-order valence-corrected chi connectivity index (χ4v) is 3.39. The van der Waals surface area contributed by atoms with Crippen molar-refractivity contribution in [3.63, 3.8) is 0 Å². The highest BCUT2D eigenvalue weighted by atomic mass is 19.1. The Morgan fingerprint density at radius 1 is 1.00 bits per heavy atom. The van der Waals surface area contributed by atoms with Crippen LogP contribution in [0.4, 0.5) is 10.2 Å². The summed E-state index contributed by atoms with van der Waals surface area (Å²) < 4.78 is 13.9. The van der Waals surface area contributed by atoms with Crippen molar-refractivity contribution in [2.75, 3.05) is 31.1 Å². The van der Waals surface area contributed by atoms with E-state index in [0.717, 1.165) is 16.9 Å². The number of aryl methyl sites for hydroxylation is 1. The minimum Gasteiger partial charge on any atom is -0.353 e. The lowest BCUT2D eigenvalue weighted by Gasteiger charge is -2.35. The van der Waals surface area contributed by atoms with Crippen LogP contribution in [0, 0.1) is 12.7 Å². The molecule has 3 aromatic rings. The van der Waals surface area contributed by atoms with Gasteiger partial charge in [-0.15, -0.1) is 0 Å². The van der Waals surface area contributed by atoms with E-state index in [1.165, 1.54) is 12.1 Å². The number of anilines is 1. The summed E-state index contributed by atoms with van der Waals surface area (Å²) in [7, 11) is 0. The second-order valence-corrected chi connectivity index (χ2v) is 6.87. The normalized spacial score (nSPS) is 14.2. The largest absolute Gasteiger partial charge is 0.353 e. The maximum atomic E-state index is 13.9. The highest BCUT2D eigenvalue weighted by Gasteiger charge is 2.24. The lowest BCUT2D eigenvalue weighted by Crippen LogP contribution is -2.49. The van der Waals surface area contributed by atoms with Crippen LogP contribution in [-0.2, 0) is 0 Å². The molecule has 28 heavy (non-hydrogen) atoms. The van der Waals surface area contributed by atoms with Crippen molar-refractivity contribution in [1.29, 1.82) is 0 Å². The molecule has 2 heterocycles. The molecule has 4 rings (SSSR count). The van der Waals surface area contributed by atoms with Crippen LogP contribution in [0.1, 0.15) is 15.9 Å². The van der Waals surface area contributed by atoms with E-state index in [2.05, 4.69) is 16.0 Å². The Kier molecular flexibility index (Phi) is 5.02. The lowest BCUT2D eigenvalue weighted by atomic mass is 10.1. The first-order valence-electron chi connectivity index (χ1n) is 9.30. The maximum absolute atomic E-state index is 13.9. The molecule has 1 fully saturated rings. The van der Waals surface area contributed by atoms with Crippen LogP contribution in [-0.4, -0.2) is 47.0 Å². The van der Waals surface area contributed by atoms with Crippen LogP contribution in [0.2, 0.25) is 0 Å². The molecule has 0 spiro atoms. The summed E-state index contributed by atoms with van der Waals surface area (Å²) in [6.07, 6.45) is 1.76. The van der Waals surface area contributed by atoms with Gasteiger partial charge in [0, 0.05) is 37.9 Å². The molecule has 0 bridgehead atoms. The van der Waals surface area contributed by atoms with Crippen LogP contribution in [0.25, 0.3) is 11.4 Å². The molecule has 1 saturated heterocycles. The first-order chi connectivity index (χ1) is 13.6. The van der Waals surface area contributed by atoms with Gasteiger partial charge in [0.05, 0.1) is 5.56 Å². The van der Waals surface area contributed by atoms with Crippen molar-refractivity contribution in [2.24, 2.45) is 0 Å². The molecule has 1 aromatic heterocycles. The second-order valence-electron chi connectivity index (χ2n) is 6.87. The third kappa shape index (κ3) is 3.71. The quantitative estimate of drug-likeness (QED) is 0.701. The van der Waals surface area contributed by atoms with Gasteiger partial charge in [0.1, 0.15) is 11.6 Å². The fraction of sp³-hybridized carbons (Fsp3) is 0.227. The van der Waals surface area contributed by atoms with E-state index in [0.29, 0.717) is 32.0 Å². The first-order valence-corrected chi connectivity index (χ1v) is 9.30. The molecule has 142 valence electrons. The zero-order chi connectivity index (χ0) is 19.5. The number of piperazine rings is 1. The van der Waals surface area contributed by atoms with Crippen molar-refractivity contribution in [1.82, 2.24) is 14.9 Å². The predicted octanol–water partition coefficient (Wildman–Crippen LogP) is 3.55. The number of hydrogen-bond acceptors (Lipinski definition) is 4. The van der Waals surface area contributed by atoms with Gasteiger partial charge in [-0.05, 0) is 31.2 Å². The number of hydrogen-bond donors (Lipinski definition) is 0. The Morgan fingerprint density at radius 3 is 2.54 bits per heavy atom. The second kappa shape index (κ2) is 7.76. The predicted molar refractivity (Wildman–Crippen MR) is 107 cm³/mol. The Bertz CT molecular complexity index is 999. The highest BCUT2D eigenvalue weighted by Crippen LogP contribution is 2.21. The van der Waals surface area contributed by atoms with Crippen LogP contribution in [0.3, 0.4) is 0 Å². The van der Waals surface area contributed by atoms with Gasteiger partial charge in [-0.3, -0.25) is 4.79 Å². The summed E-state index contributed by atoms with van der Waals surface area (Å²) in [6, 6.07) is 16.1. The third-order valence-corrected chi connectivity index (χ3v) is 4.91. The molecule has 1 aliphatic rings. The van der Waals surface area contributed by atoms with Crippen molar-refractivity contribution in [2.45, 2.75) is 6.92 Å². The number of carbonyl (C=O) groups excluding carboxylic acids is 1. The van der Waals surface area contributed by atoms with Gasteiger partial charge in [-0.1, -0.05) is 35.9 Å². The molecule has 0 saturated carbocycles. The Hall–Kier alpha value is -3.28. The van der Waals surface area contributed by atoms with Gasteiger partial charge in [-0.2, -0.15) is 0 Å². The molecule has 0 N–H and O–H groups in total. The Labute approximate surface area is 163 Å². The van der Waals surface area contributed by atoms with Crippen LogP contribution in [0.5, 0.6) is 0 Å². The average Bonchev–Trinajstić information content (AvgIpc) is 2.74. The minimum absolute atomic E-state index is 0.125. The number of benzene rings is 2. The number of aromatic nitrogens is 2. The van der Waals surface area contributed by atoms with E-state index < -0.39 is 5.82 Å².